The van der Waals surface area contributed by atoms with E-state index in [1.807, 2.05) is 31.3 Å². The van der Waals surface area contributed by atoms with E-state index in [2.05, 4.69) is 25.7 Å². The first-order valence-corrected chi connectivity index (χ1v) is 10.3. The molecule has 4 rings (SSSR count). The molecule has 33 heavy (non-hydrogen) atoms. The summed E-state index contributed by atoms with van der Waals surface area (Å²) in [6.45, 7) is 1.91. The minimum atomic E-state index is -0.791. The minimum absolute atomic E-state index is 0.0398. The van der Waals surface area contributed by atoms with Gasteiger partial charge < -0.3 is 19.5 Å². The number of aromatic nitrogens is 4. The zero-order valence-corrected chi connectivity index (χ0v) is 18.5. The van der Waals surface area contributed by atoms with Crippen LogP contribution in [-0.2, 0) is 6.54 Å². The van der Waals surface area contributed by atoms with Gasteiger partial charge in [-0.25, -0.2) is 13.8 Å². The Kier molecular flexibility index (Phi) is 6.71. The Bertz CT molecular complexity index is 1290. The van der Waals surface area contributed by atoms with E-state index in [1.54, 1.807) is 7.11 Å². The fourth-order valence-corrected chi connectivity index (χ4v) is 3.36. The zero-order valence-electron chi connectivity index (χ0n) is 17.8. The van der Waals surface area contributed by atoms with Crippen molar-refractivity contribution in [2.24, 2.45) is 0 Å². The van der Waals surface area contributed by atoms with Crippen LogP contribution in [-0.4, -0.2) is 52.2 Å². The summed E-state index contributed by atoms with van der Waals surface area (Å²) in [6.07, 6.45) is 0. The number of halogens is 2. The highest BCUT2D eigenvalue weighted by Gasteiger charge is 2.23. The molecule has 0 saturated heterocycles. The molecule has 0 unspecified atom stereocenters. The molecule has 0 aliphatic heterocycles. The smallest absolute Gasteiger partial charge is 0.446 e. The first kappa shape index (κ1) is 22.5. The van der Waals surface area contributed by atoms with Gasteiger partial charge >= 0.3 is 5.76 Å². The minimum Gasteiger partial charge on any atom is -0.497 e. The first-order chi connectivity index (χ1) is 16.0. The molecule has 0 spiro atoms. The number of likely N-dealkylation sites (N-methyl/N-ethyl adjacent to an activating group) is 1. The Balaban J connectivity index is 1.44. The molecule has 1 N–H and O–H groups in total. The molecule has 0 bridgehead atoms. The predicted molar refractivity (Wildman–Crippen MR) is 118 cm³/mol. The van der Waals surface area contributed by atoms with E-state index < -0.39 is 11.6 Å². The summed E-state index contributed by atoms with van der Waals surface area (Å²) in [5, 5.41) is 14.2. The van der Waals surface area contributed by atoms with Crippen LogP contribution in [0.2, 0.25) is 5.02 Å². The van der Waals surface area contributed by atoms with E-state index in [4.69, 9.17) is 25.4 Å². The van der Waals surface area contributed by atoms with Gasteiger partial charge in [0.2, 0.25) is 5.82 Å². The third-order valence-electron chi connectivity index (χ3n) is 4.86. The summed E-state index contributed by atoms with van der Waals surface area (Å²) in [4.78, 5) is 14.4. The molecule has 10 nitrogen and oxygen atoms in total. The summed E-state index contributed by atoms with van der Waals surface area (Å²) >= 11 is 5.85. The topological polar surface area (TPSA) is 111 Å². The van der Waals surface area contributed by atoms with Gasteiger partial charge in [0.25, 0.3) is 5.88 Å². The quantitative estimate of drug-likeness (QED) is 0.390. The molecule has 12 heteroatoms. The molecule has 0 aliphatic rings. The first-order valence-electron chi connectivity index (χ1n) is 9.88. The maximum Gasteiger partial charge on any atom is 0.446 e. The molecular formula is C21H20ClFN6O4. The van der Waals surface area contributed by atoms with Gasteiger partial charge in [-0.05, 0) is 42.9 Å². The lowest BCUT2D eigenvalue weighted by Gasteiger charge is -2.17. The van der Waals surface area contributed by atoms with Gasteiger partial charge in [0, 0.05) is 24.9 Å². The zero-order chi connectivity index (χ0) is 23.4. The Morgan fingerprint density at radius 3 is 2.73 bits per heavy atom. The average molecular weight is 475 g/mol. The van der Waals surface area contributed by atoms with Crippen molar-refractivity contribution in [1.29, 1.82) is 0 Å². The molecule has 0 atom stereocenters. The molecular weight excluding hydrogens is 455 g/mol. The molecule has 2 aromatic heterocycles. The highest BCUT2D eigenvalue weighted by Crippen LogP contribution is 2.26. The second kappa shape index (κ2) is 9.84. The number of hydrogen-bond donors (Lipinski definition) is 1. The van der Waals surface area contributed by atoms with Crippen molar-refractivity contribution in [3.05, 3.63) is 69.4 Å². The molecule has 0 saturated carbocycles. The van der Waals surface area contributed by atoms with Crippen LogP contribution in [0, 0.1) is 5.82 Å². The molecule has 0 radical (unpaired) electrons. The molecule has 4 aromatic rings. The van der Waals surface area contributed by atoms with Crippen molar-refractivity contribution >= 4 is 17.5 Å². The second-order valence-corrected chi connectivity index (χ2v) is 7.58. The number of methoxy groups -OCH3 is 1. The van der Waals surface area contributed by atoms with Gasteiger partial charge in [0.1, 0.15) is 11.6 Å². The normalized spacial score (nSPS) is 11.2. The Morgan fingerprint density at radius 1 is 1.21 bits per heavy atom. The maximum absolute atomic E-state index is 13.5. The lowest BCUT2D eigenvalue weighted by Crippen LogP contribution is -2.24. The van der Waals surface area contributed by atoms with E-state index >= 15 is 0 Å². The predicted octanol–water partition coefficient (Wildman–Crippen LogP) is 3.22. The van der Waals surface area contributed by atoms with Gasteiger partial charge in [0.15, 0.2) is 5.69 Å². The van der Waals surface area contributed by atoms with Crippen LogP contribution in [0.5, 0.6) is 5.75 Å². The number of rotatable bonds is 9. The standard InChI is InChI=1S/C21H20ClFN6O4/c1-28(12-13-3-6-15(31-2)7-4-13)10-9-24-20-18(25-27-32-20)19-26-33-21(30)29(19)14-5-8-17(23)16(22)11-14/h3-8,11,24H,9-10,12H2,1-2H3. The van der Waals surface area contributed by atoms with Gasteiger partial charge in [-0.3, -0.25) is 4.52 Å². The number of ether oxygens (including phenoxy) is 1. The third kappa shape index (κ3) is 5.04. The van der Waals surface area contributed by atoms with Gasteiger partial charge in [-0.2, -0.15) is 0 Å². The van der Waals surface area contributed by atoms with E-state index in [0.717, 1.165) is 28.5 Å². The summed E-state index contributed by atoms with van der Waals surface area (Å²) in [6, 6.07) is 11.6. The van der Waals surface area contributed by atoms with Crippen molar-refractivity contribution in [2.45, 2.75) is 6.54 Å². The summed E-state index contributed by atoms with van der Waals surface area (Å²) in [7, 11) is 3.62. The Morgan fingerprint density at radius 2 is 2.00 bits per heavy atom. The average Bonchev–Trinajstić information content (AvgIpc) is 3.42. The molecule has 0 aliphatic carbocycles. The van der Waals surface area contributed by atoms with Crippen LogP contribution in [0.1, 0.15) is 5.56 Å². The second-order valence-electron chi connectivity index (χ2n) is 7.17. The maximum atomic E-state index is 13.5. The van der Waals surface area contributed by atoms with Crippen LogP contribution in [0.15, 0.2) is 56.3 Å². The van der Waals surface area contributed by atoms with E-state index in [9.17, 15) is 9.18 Å². The van der Waals surface area contributed by atoms with E-state index in [0.29, 0.717) is 13.1 Å². The summed E-state index contributed by atoms with van der Waals surface area (Å²) < 4.78 is 29.8. The van der Waals surface area contributed by atoms with Crippen molar-refractivity contribution in [2.75, 3.05) is 32.6 Å². The van der Waals surface area contributed by atoms with Crippen LogP contribution in [0.25, 0.3) is 17.2 Å². The summed E-state index contributed by atoms with van der Waals surface area (Å²) in [5.74, 6) is -0.347. The highest BCUT2D eigenvalue weighted by molar-refractivity contribution is 6.30. The molecule has 2 heterocycles. The van der Waals surface area contributed by atoms with Crippen molar-refractivity contribution in [3.63, 3.8) is 0 Å². The van der Waals surface area contributed by atoms with Crippen LogP contribution in [0.4, 0.5) is 10.3 Å². The fourth-order valence-electron chi connectivity index (χ4n) is 3.19. The number of hydrogen-bond acceptors (Lipinski definition) is 9. The van der Waals surface area contributed by atoms with Crippen molar-refractivity contribution < 1.29 is 18.2 Å². The van der Waals surface area contributed by atoms with Gasteiger partial charge in [-0.1, -0.05) is 28.9 Å². The van der Waals surface area contributed by atoms with Gasteiger partial charge in [0.05, 0.1) is 17.8 Å². The largest absolute Gasteiger partial charge is 0.497 e. The molecule has 0 amide bonds. The molecule has 2 aromatic carbocycles. The monoisotopic (exact) mass is 474 g/mol. The lowest BCUT2D eigenvalue weighted by molar-refractivity contribution is 0.336. The highest BCUT2D eigenvalue weighted by atomic mass is 35.5. The van der Waals surface area contributed by atoms with Crippen LogP contribution < -0.4 is 15.8 Å². The SMILES string of the molecule is COc1ccc(CN(C)CCNc2onnc2-c2noc(=O)n2-c2ccc(F)c(Cl)c2)cc1. The lowest BCUT2D eigenvalue weighted by atomic mass is 10.2. The summed E-state index contributed by atoms with van der Waals surface area (Å²) in [5.41, 5.74) is 1.57. The van der Waals surface area contributed by atoms with E-state index in [1.165, 1.54) is 12.1 Å². The Labute approximate surface area is 192 Å². The van der Waals surface area contributed by atoms with Crippen molar-refractivity contribution in [1.82, 2.24) is 25.0 Å². The van der Waals surface area contributed by atoms with Crippen LogP contribution >= 0.6 is 11.6 Å². The fraction of sp³-hybridized carbons (Fsp3) is 0.238. The third-order valence-corrected chi connectivity index (χ3v) is 5.15. The number of anilines is 1. The number of nitrogens with zero attached hydrogens (tertiary/aromatic N) is 5. The molecule has 0 fully saturated rings. The van der Waals surface area contributed by atoms with E-state index in [-0.39, 0.29) is 28.1 Å². The van der Waals surface area contributed by atoms with Crippen molar-refractivity contribution in [3.8, 4) is 23.0 Å². The number of nitrogens with one attached hydrogen (secondary N) is 1. The van der Waals surface area contributed by atoms with Crippen LogP contribution in [0.3, 0.4) is 0 Å². The molecule has 172 valence electrons. The number of benzene rings is 2. The Hall–Kier alpha value is -3.70. The van der Waals surface area contributed by atoms with Gasteiger partial charge in [-0.15, -0.1) is 5.10 Å².